The van der Waals surface area contributed by atoms with Crippen LogP contribution in [-0.4, -0.2) is 21.5 Å². The standard InChI is InChI=1S/2C14H8Br2ClNO/c2*15-9-3-8-2-1-7-4-10(17)5-11(16)12(7)14(19)13(8)18-6-9/h2*3-6H,1-2H2. The smallest absolute Gasteiger partial charge is 0.213 e. The van der Waals surface area contributed by atoms with Gasteiger partial charge in [-0.25, -0.2) is 0 Å². The molecule has 2 heterocycles. The van der Waals surface area contributed by atoms with Gasteiger partial charge in [0.25, 0.3) is 0 Å². The lowest BCUT2D eigenvalue weighted by Crippen LogP contribution is -2.07. The normalized spacial score (nSPS) is 13.7. The predicted molar refractivity (Wildman–Crippen MR) is 164 cm³/mol. The molecule has 4 aromatic rings. The second kappa shape index (κ2) is 11.6. The van der Waals surface area contributed by atoms with Crippen LogP contribution in [0.25, 0.3) is 0 Å². The minimum absolute atomic E-state index is 0.0430. The molecule has 0 unspecified atom stereocenters. The van der Waals surface area contributed by atoms with Crippen LogP contribution in [0.15, 0.2) is 66.7 Å². The summed E-state index contributed by atoms with van der Waals surface area (Å²) in [5.41, 5.74) is 6.31. The molecule has 0 fully saturated rings. The summed E-state index contributed by atoms with van der Waals surface area (Å²) in [4.78, 5) is 33.8. The van der Waals surface area contributed by atoms with E-state index in [1.807, 2.05) is 24.3 Å². The van der Waals surface area contributed by atoms with Crippen LogP contribution in [0.4, 0.5) is 0 Å². The molecule has 2 aliphatic carbocycles. The van der Waals surface area contributed by atoms with Gasteiger partial charge in [-0.15, -0.1) is 0 Å². The molecule has 6 rings (SSSR count). The number of fused-ring (bicyclic) bond motifs is 4. The van der Waals surface area contributed by atoms with Gasteiger partial charge in [-0.1, -0.05) is 23.2 Å². The molecule has 192 valence electrons. The van der Waals surface area contributed by atoms with Gasteiger partial charge in [0.05, 0.1) is 0 Å². The molecule has 0 amide bonds. The van der Waals surface area contributed by atoms with Crippen LogP contribution in [0, 0.1) is 0 Å². The SMILES string of the molecule is O=C1c2ncc(Br)cc2CCc2cc(Cl)cc(Br)c21.O=C1c2ncc(Br)cc2CCc2cc(Cl)cc(Br)c21. The molecule has 2 aromatic heterocycles. The molecule has 0 aliphatic heterocycles. The van der Waals surface area contributed by atoms with E-state index < -0.39 is 0 Å². The summed E-state index contributed by atoms with van der Waals surface area (Å²) < 4.78 is 3.25. The first-order chi connectivity index (χ1) is 18.1. The van der Waals surface area contributed by atoms with Crippen LogP contribution >= 0.6 is 86.9 Å². The summed E-state index contributed by atoms with van der Waals surface area (Å²) in [5.74, 6) is -0.0860. The van der Waals surface area contributed by atoms with Gasteiger partial charge in [-0.05, 0) is 148 Å². The maximum atomic E-state index is 12.6. The topological polar surface area (TPSA) is 59.9 Å². The molecule has 38 heavy (non-hydrogen) atoms. The molecular formula is C28H16Br4Cl2N2O2. The summed E-state index contributed by atoms with van der Waals surface area (Å²) in [5, 5.41) is 1.28. The fraction of sp³-hybridized carbons (Fsp3) is 0.143. The second-order valence-corrected chi connectivity index (χ2v) is 13.2. The van der Waals surface area contributed by atoms with Crippen LogP contribution in [0.2, 0.25) is 10.0 Å². The Labute approximate surface area is 263 Å². The zero-order chi connectivity index (χ0) is 27.1. The highest BCUT2D eigenvalue weighted by atomic mass is 79.9. The van der Waals surface area contributed by atoms with Crippen LogP contribution < -0.4 is 0 Å². The van der Waals surface area contributed by atoms with Crippen molar-refractivity contribution in [2.24, 2.45) is 0 Å². The Morgan fingerprint density at radius 1 is 0.553 bits per heavy atom. The number of nitrogens with zero attached hydrogens (tertiary/aromatic N) is 2. The number of aromatic nitrogens is 2. The van der Waals surface area contributed by atoms with E-state index in [1.54, 1.807) is 24.5 Å². The average molecular weight is 803 g/mol. The number of carbonyl (C=O) groups is 2. The van der Waals surface area contributed by atoms with E-state index in [0.29, 0.717) is 32.6 Å². The summed E-state index contributed by atoms with van der Waals surface area (Å²) in [6, 6.07) is 11.1. The van der Waals surface area contributed by atoms with Crippen LogP contribution in [-0.2, 0) is 25.7 Å². The number of carbonyl (C=O) groups excluding carboxylic acids is 2. The Morgan fingerprint density at radius 3 is 1.32 bits per heavy atom. The molecule has 0 spiro atoms. The predicted octanol–water partition coefficient (Wildman–Crippen LogP) is 9.18. The zero-order valence-electron chi connectivity index (χ0n) is 19.4. The number of pyridine rings is 2. The number of rotatable bonds is 0. The maximum Gasteiger partial charge on any atom is 0.213 e. The molecule has 4 nitrogen and oxygen atoms in total. The Morgan fingerprint density at radius 2 is 0.921 bits per heavy atom. The minimum atomic E-state index is -0.0430. The molecule has 0 bridgehead atoms. The van der Waals surface area contributed by atoms with Gasteiger partial charge in [0.15, 0.2) is 0 Å². The second-order valence-electron chi connectivity index (χ2n) is 8.82. The fourth-order valence-electron chi connectivity index (χ4n) is 4.68. The molecule has 2 aliphatic rings. The largest absolute Gasteiger partial charge is 0.287 e. The van der Waals surface area contributed by atoms with Crippen LogP contribution in [0.1, 0.15) is 54.4 Å². The van der Waals surface area contributed by atoms with Crippen molar-refractivity contribution >= 4 is 98.5 Å². The van der Waals surface area contributed by atoms with Crippen molar-refractivity contribution in [3.63, 3.8) is 0 Å². The highest BCUT2D eigenvalue weighted by Crippen LogP contribution is 2.34. The van der Waals surface area contributed by atoms with Gasteiger partial charge >= 0.3 is 0 Å². The Bertz CT molecular complexity index is 1520. The van der Waals surface area contributed by atoms with Crippen molar-refractivity contribution in [2.75, 3.05) is 0 Å². The molecule has 0 radical (unpaired) electrons. The number of hydrogen-bond donors (Lipinski definition) is 0. The molecule has 0 saturated heterocycles. The first kappa shape index (κ1) is 28.1. The van der Waals surface area contributed by atoms with E-state index in [4.69, 9.17) is 23.2 Å². The summed E-state index contributed by atoms with van der Waals surface area (Å²) >= 11 is 25.8. The van der Waals surface area contributed by atoms with Crippen molar-refractivity contribution < 1.29 is 9.59 Å². The van der Waals surface area contributed by atoms with Gasteiger partial charge in [0.1, 0.15) is 11.4 Å². The third kappa shape index (κ3) is 5.72. The molecule has 0 atom stereocenters. The van der Waals surface area contributed by atoms with Gasteiger partial charge in [0.2, 0.25) is 11.6 Å². The van der Waals surface area contributed by atoms with Crippen molar-refractivity contribution in [3.8, 4) is 0 Å². The zero-order valence-corrected chi connectivity index (χ0v) is 27.3. The average Bonchev–Trinajstić information content (AvgIpc) is 3.07. The number of ketones is 2. The van der Waals surface area contributed by atoms with Crippen molar-refractivity contribution in [3.05, 3.63) is 121 Å². The molecule has 0 saturated carbocycles. The van der Waals surface area contributed by atoms with E-state index in [2.05, 4.69) is 73.7 Å². The lowest BCUT2D eigenvalue weighted by Gasteiger charge is -2.08. The molecule has 10 heteroatoms. The Hall–Kier alpha value is -1.42. The third-order valence-electron chi connectivity index (χ3n) is 6.35. The highest BCUT2D eigenvalue weighted by molar-refractivity contribution is 9.11. The van der Waals surface area contributed by atoms with Gasteiger partial charge in [-0.3, -0.25) is 19.6 Å². The highest BCUT2D eigenvalue weighted by Gasteiger charge is 2.26. The van der Waals surface area contributed by atoms with Crippen molar-refractivity contribution in [2.45, 2.75) is 25.7 Å². The van der Waals surface area contributed by atoms with E-state index in [-0.39, 0.29) is 11.6 Å². The minimum Gasteiger partial charge on any atom is -0.287 e. The summed E-state index contributed by atoms with van der Waals surface area (Å²) in [7, 11) is 0. The van der Waals surface area contributed by atoms with Gasteiger partial charge < -0.3 is 0 Å². The first-order valence-corrected chi connectivity index (χ1v) is 15.4. The van der Waals surface area contributed by atoms with Gasteiger partial charge in [0, 0.05) is 51.5 Å². The Balaban J connectivity index is 0.000000155. The maximum absolute atomic E-state index is 12.6. The van der Waals surface area contributed by atoms with E-state index >= 15 is 0 Å². The summed E-state index contributed by atoms with van der Waals surface area (Å²) in [6.45, 7) is 0. The lowest BCUT2D eigenvalue weighted by atomic mass is 10.0. The fourth-order valence-corrected chi connectivity index (χ4v) is 7.55. The van der Waals surface area contributed by atoms with Crippen molar-refractivity contribution in [1.29, 1.82) is 0 Å². The monoisotopic (exact) mass is 798 g/mol. The van der Waals surface area contributed by atoms with Crippen molar-refractivity contribution in [1.82, 2.24) is 9.97 Å². The first-order valence-electron chi connectivity index (χ1n) is 11.5. The summed E-state index contributed by atoms with van der Waals surface area (Å²) in [6.07, 6.45) is 6.45. The van der Waals surface area contributed by atoms with E-state index in [1.165, 1.54) is 0 Å². The quantitative estimate of drug-likeness (QED) is 0.178. The van der Waals surface area contributed by atoms with Gasteiger partial charge in [-0.2, -0.15) is 0 Å². The number of aryl methyl sites for hydroxylation is 4. The van der Waals surface area contributed by atoms with E-state index in [9.17, 15) is 9.59 Å². The third-order valence-corrected chi connectivity index (χ3v) is 8.91. The van der Waals surface area contributed by atoms with Crippen LogP contribution in [0.5, 0.6) is 0 Å². The lowest BCUT2D eigenvalue weighted by molar-refractivity contribution is 0.102. The number of hydrogen-bond acceptors (Lipinski definition) is 4. The number of halogens is 6. The molecule has 2 aromatic carbocycles. The number of benzene rings is 2. The van der Waals surface area contributed by atoms with Crippen LogP contribution in [0.3, 0.4) is 0 Å². The molecule has 0 N–H and O–H groups in total. The molecular weight excluding hydrogens is 787 g/mol. The van der Waals surface area contributed by atoms with E-state index in [0.717, 1.165) is 65.8 Å². The Kier molecular flexibility index (Phi) is 8.58.